The number of nitrogens with zero attached hydrogens (tertiary/aromatic N) is 7. The lowest BCUT2D eigenvalue weighted by Crippen LogP contribution is -2.70. The number of β-lactam (4-membered cyclic amide) rings is 1. The number of carboxylic acid groups (broad SMARTS) is 2. The Labute approximate surface area is 191 Å². The summed E-state index contributed by atoms with van der Waals surface area (Å²) in [5, 5.41) is 39.1. The summed E-state index contributed by atoms with van der Waals surface area (Å²) in [5.74, 6) is -2.62. The number of nitrogens with one attached hydrogen (secondary N) is 1. The molecule has 0 radical (unpaired) electrons. The highest BCUT2D eigenvalue weighted by atomic mass is 32.2. The van der Waals surface area contributed by atoms with Gasteiger partial charge < -0.3 is 15.5 Å². The second kappa shape index (κ2) is 9.21. The second-order valence-electron chi connectivity index (χ2n) is 6.54. The lowest BCUT2D eigenvalue weighted by atomic mass is 10.0. The zero-order valence-corrected chi connectivity index (χ0v) is 18.4. The number of aromatic nitrogens is 6. The topological polar surface area (TPSA) is 193 Å². The molecule has 3 N–H and O–H groups in total. The SMILES string of the molecule is O=C(O)Cc1nnc(SCC2=C(C(=O)O)N3C(=O)C(NC(=O)Cn4cnnn4)[C@@H]3SC2)s1. The Morgan fingerprint density at radius 2 is 2.09 bits per heavy atom. The fourth-order valence-corrected chi connectivity index (χ4v) is 6.43. The third-order valence-corrected chi connectivity index (χ3v) is 7.87. The maximum Gasteiger partial charge on any atom is 0.352 e. The van der Waals surface area contributed by atoms with Gasteiger partial charge in [0.1, 0.15) is 35.0 Å². The van der Waals surface area contributed by atoms with Crippen molar-refractivity contribution in [1.29, 1.82) is 0 Å². The third kappa shape index (κ3) is 4.58. The van der Waals surface area contributed by atoms with E-state index in [2.05, 4.69) is 31.0 Å². The molecule has 2 aromatic heterocycles. The molecule has 32 heavy (non-hydrogen) atoms. The number of carboxylic acids is 2. The highest BCUT2D eigenvalue weighted by Crippen LogP contribution is 2.41. The maximum absolute atomic E-state index is 12.6. The van der Waals surface area contributed by atoms with Gasteiger partial charge in [0.15, 0.2) is 4.34 Å². The number of thioether (sulfide) groups is 2. The molecule has 2 aliphatic heterocycles. The summed E-state index contributed by atoms with van der Waals surface area (Å²) in [6.07, 6.45) is 1.03. The number of hydrogen-bond donors (Lipinski definition) is 3. The lowest BCUT2D eigenvalue weighted by Gasteiger charge is -2.49. The first-order valence-electron chi connectivity index (χ1n) is 8.90. The van der Waals surface area contributed by atoms with Gasteiger partial charge in [0.05, 0.1) is 6.42 Å². The molecular weight excluding hydrogens is 484 g/mol. The van der Waals surface area contributed by atoms with Gasteiger partial charge in [0.2, 0.25) is 5.91 Å². The number of amides is 2. The van der Waals surface area contributed by atoms with Crippen LogP contribution in [-0.2, 0) is 32.1 Å². The van der Waals surface area contributed by atoms with Crippen LogP contribution in [-0.4, -0.2) is 92.2 Å². The fraction of sp³-hybridized carbons (Fsp3) is 0.400. The molecule has 0 bridgehead atoms. The molecule has 17 heteroatoms. The Bertz CT molecular complexity index is 1100. The van der Waals surface area contributed by atoms with E-state index in [0.29, 0.717) is 20.7 Å². The number of hydrogen-bond acceptors (Lipinski definition) is 12. The molecule has 4 heterocycles. The number of aliphatic carboxylic acids is 2. The minimum atomic E-state index is -1.23. The van der Waals surface area contributed by atoms with E-state index in [-0.39, 0.29) is 24.4 Å². The van der Waals surface area contributed by atoms with Gasteiger partial charge >= 0.3 is 11.9 Å². The van der Waals surface area contributed by atoms with Crippen molar-refractivity contribution in [2.75, 3.05) is 11.5 Å². The molecule has 1 unspecified atom stereocenters. The van der Waals surface area contributed by atoms with Gasteiger partial charge in [-0.3, -0.25) is 19.3 Å². The molecule has 2 aromatic rings. The van der Waals surface area contributed by atoms with Crippen molar-refractivity contribution in [3.05, 3.63) is 22.6 Å². The zero-order chi connectivity index (χ0) is 22.8. The van der Waals surface area contributed by atoms with Crippen molar-refractivity contribution >= 4 is 58.6 Å². The van der Waals surface area contributed by atoms with Gasteiger partial charge in [-0.2, -0.15) is 0 Å². The van der Waals surface area contributed by atoms with E-state index in [1.54, 1.807) is 0 Å². The van der Waals surface area contributed by atoms with E-state index >= 15 is 0 Å². The van der Waals surface area contributed by atoms with E-state index in [0.717, 1.165) is 11.3 Å². The first-order chi connectivity index (χ1) is 15.3. The highest BCUT2D eigenvalue weighted by Gasteiger charge is 2.54. The molecule has 2 aliphatic rings. The number of fused-ring (bicyclic) bond motifs is 1. The molecule has 0 saturated carbocycles. The van der Waals surface area contributed by atoms with Gasteiger partial charge in [-0.15, -0.1) is 27.1 Å². The Kier molecular flexibility index (Phi) is 6.38. The zero-order valence-electron chi connectivity index (χ0n) is 15.9. The normalized spacial score (nSPS) is 20.0. The molecule has 4 rings (SSSR count). The number of carbonyl (C=O) groups excluding carboxylic acids is 2. The van der Waals surface area contributed by atoms with E-state index in [9.17, 15) is 24.3 Å². The number of carbonyl (C=O) groups is 4. The molecule has 0 aliphatic carbocycles. The largest absolute Gasteiger partial charge is 0.481 e. The minimum absolute atomic E-state index is 0.104. The molecule has 168 valence electrons. The van der Waals surface area contributed by atoms with Crippen molar-refractivity contribution in [2.24, 2.45) is 0 Å². The van der Waals surface area contributed by atoms with Crippen LogP contribution in [0, 0.1) is 0 Å². The first-order valence-corrected chi connectivity index (χ1v) is 11.8. The average Bonchev–Trinajstić information content (AvgIpc) is 3.41. The van der Waals surface area contributed by atoms with Crippen LogP contribution in [0.3, 0.4) is 0 Å². The van der Waals surface area contributed by atoms with Gasteiger partial charge in [0, 0.05) is 11.5 Å². The van der Waals surface area contributed by atoms with Crippen molar-refractivity contribution in [3.8, 4) is 0 Å². The first kappa shape index (κ1) is 22.2. The molecule has 14 nitrogen and oxygen atoms in total. The minimum Gasteiger partial charge on any atom is -0.481 e. The lowest BCUT2D eigenvalue weighted by molar-refractivity contribution is -0.150. The van der Waals surface area contributed by atoms with E-state index in [4.69, 9.17) is 5.11 Å². The van der Waals surface area contributed by atoms with Crippen molar-refractivity contribution < 1.29 is 29.4 Å². The van der Waals surface area contributed by atoms with Crippen molar-refractivity contribution in [3.63, 3.8) is 0 Å². The molecule has 0 spiro atoms. The summed E-state index contributed by atoms with van der Waals surface area (Å²) < 4.78 is 1.71. The summed E-state index contributed by atoms with van der Waals surface area (Å²) in [6, 6.07) is -0.839. The number of rotatable bonds is 9. The second-order valence-corrected chi connectivity index (χ2v) is 9.93. The Morgan fingerprint density at radius 3 is 2.78 bits per heavy atom. The third-order valence-electron chi connectivity index (χ3n) is 4.38. The van der Waals surface area contributed by atoms with Crippen LogP contribution in [0.5, 0.6) is 0 Å². The summed E-state index contributed by atoms with van der Waals surface area (Å²) in [5.41, 5.74) is 0.429. The molecular formula is C15H14N8O6S3. The summed E-state index contributed by atoms with van der Waals surface area (Å²) in [4.78, 5) is 48.6. The average molecular weight is 499 g/mol. The van der Waals surface area contributed by atoms with Crippen LogP contribution in [0.25, 0.3) is 0 Å². The quantitative estimate of drug-likeness (QED) is 0.272. The maximum atomic E-state index is 12.6. The standard InChI is InChI=1S/C15H14N8O6S3/c24-7(2-22-5-16-20-21-22)17-10-12(27)23-11(14(28)29)6(3-30-13(10)23)4-31-15-19-18-8(32-15)1-9(25)26/h5,10,13H,1-4H2,(H,17,24)(H,25,26)(H,28,29)/t10?,13-/m0/s1. The Hall–Kier alpha value is -3.05. The molecule has 2 atom stereocenters. The van der Waals surface area contributed by atoms with Gasteiger partial charge in [-0.25, -0.2) is 9.48 Å². The van der Waals surface area contributed by atoms with Crippen LogP contribution in [0.15, 0.2) is 21.9 Å². The van der Waals surface area contributed by atoms with Gasteiger partial charge in [-0.1, -0.05) is 23.1 Å². The highest BCUT2D eigenvalue weighted by molar-refractivity contribution is 8.01. The van der Waals surface area contributed by atoms with Crippen LogP contribution >= 0.6 is 34.9 Å². The Morgan fingerprint density at radius 1 is 1.28 bits per heavy atom. The summed E-state index contributed by atoms with van der Waals surface area (Å²) in [7, 11) is 0. The van der Waals surface area contributed by atoms with Crippen molar-refractivity contribution in [2.45, 2.75) is 28.7 Å². The predicted octanol–water partition coefficient (Wildman–Crippen LogP) is -1.32. The molecule has 2 amide bonds. The van der Waals surface area contributed by atoms with Crippen LogP contribution in [0.4, 0.5) is 0 Å². The van der Waals surface area contributed by atoms with Gasteiger partial charge in [-0.05, 0) is 16.0 Å². The van der Waals surface area contributed by atoms with E-state index < -0.39 is 35.2 Å². The Balaban J connectivity index is 1.41. The monoisotopic (exact) mass is 498 g/mol. The predicted molar refractivity (Wildman–Crippen MR) is 109 cm³/mol. The fourth-order valence-electron chi connectivity index (χ4n) is 3.06. The van der Waals surface area contributed by atoms with E-state index in [1.165, 1.54) is 39.4 Å². The van der Waals surface area contributed by atoms with Crippen LogP contribution in [0.2, 0.25) is 0 Å². The van der Waals surface area contributed by atoms with Crippen molar-refractivity contribution in [1.82, 2.24) is 40.6 Å². The van der Waals surface area contributed by atoms with Gasteiger partial charge in [0.25, 0.3) is 5.91 Å². The molecule has 1 fully saturated rings. The molecule has 0 aromatic carbocycles. The van der Waals surface area contributed by atoms with Crippen LogP contribution in [0.1, 0.15) is 5.01 Å². The number of tetrazole rings is 1. The summed E-state index contributed by atoms with van der Waals surface area (Å²) in [6.45, 7) is -0.163. The van der Waals surface area contributed by atoms with E-state index in [1.807, 2.05) is 0 Å². The molecule has 1 saturated heterocycles. The summed E-state index contributed by atoms with van der Waals surface area (Å²) >= 11 is 3.70. The van der Waals surface area contributed by atoms with Crippen LogP contribution < -0.4 is 5.32 Å². The smallest absolute Gasteiger partial charge is 0.352 e.